The highest BCUT2D eigenvalue weighted by molar-refractivity contribution is 5.48. The summed E-state index contributed by atoms with van der Waals surface area (Å²) in [6, 6.07) is 0.593. The fraction of sp³-hybridized carbons (Fsp3) is 0.667. The lowest BCUT2D eigenvalue weighted by molar-refractivity contribution is 0.144. The third kappa shape index (κ3) is 4.27. The van der Waals surface area contributed by atoms with Crippen LogP contribution in [0.4, 0.5) is 20.4 Å². The van der Waals surface area contributed by atoms with Crippen molar-refractivity contribution < 1.29 is 13.9 Å². The molecule has 1 heterocycles. The highest BCUT2D eigenvalue weighted by atomic mass is 19.1. The van der Waals surface area contributed by atoms with Crippen LogP contribution in [0, 0.1) is 11.6 Å². The number of aliphatic hydroxyl groups excluding tert-OH is 1. The first-order chi connectivity index (χ1) is 10.1. The van der Waals surface area contributed by atoms with Crippen LogP contribution >= 0.6 is 0 Å². The molecule has 1 fully saturated rings. The molecule has 6 heteroatoms. The predicted molar refractivity (Wildman–Crippen MR) is 79.4 cm³/mol. The van der Waals surface area contributed by atoms with Gasteiger partial charge in [0.1, 0.15) is 0 Å². The first kappa shape index (κ1) is 15.9. The van der Waals surface area contributed by atoms with Crippen LogP contribution in [0.15, 0.2) is 6.07 Å². The molecule has 0 aromatic carbocycles. The van der Waals surface area contributed by atoms with Gasteiger partial charge in [0.25, 0.3) is 0 Å². The van der Waals surface area contributed by atoms with Gasteiger partial charge in [-0.1, -0.05) is 26.2 Å². The Morgan fingerprint density at radius 2 is 1.90 bits per heavy atom. The number of hydrogen-bond donors (Lipinski definition) is 3. The van der Waals surface area contributed by atoms with E-state index in [1.807, 2.05) is 6.92 Å². The van der Waals surface area contributed by atoms with Crippen LogP contribution in [0.3, 0.4) is 0 Å². The van der Waals surface area contributed by atoms with Crippen LogP contribution in [0.2, 0.25) is 0 Å². The highest BCUT2D eigenvalue weighted by Gasteiger charge is 2.23. The minimum Gasteiger partial charge on any atom is -0.391 e. The average Bonchev–Trinajstić information content (AvgIpc) is 2.65. The summed E-state index contributed by atoms with van der Waals surface area (Å²) in [4.78, 5) is 3.99. The molecule has 1 aromatic heterocycles. The molecule has 2 rings (SSSR count). The molecule has 0 spiro atoms. The summed E-state index contributed by atoms with van der Waals surface area (Å²) in [5.74, 6) is -1.39. The van der Waals surface area contributed by atoms with Gasteiger partial charge in [-0.05, 0) is 19.3 Å². The third-order valence-corrected chi connectivity index (χ3v) is 3.77. The van der Waals surface area contributed by atoms with E-state index in [1.54, 1.807) is 0 Å². The number of rotatable bonds is 5. The molecule has 1 aliphatic carbocycles. The molecule has 0 aliphatic heterocycles. The maximum atomic E-state index is 13.9. The van der Waals surface area contributed by atoms with Crippen LogP contribution in [-0.4, -0.2) is 28.8 Å². The number of aromatic nitrogens is 1. The molecular formula is C15H23F2N3O. The van der Waals surface area contributed by atoms with Crippen molar-refractivity contribution in [3.05, 3.63) is 17.7 Å². The largest absolute Gasteiger partial charge is 0.391 e. The van der Waals surface area contributed by atoms with E-state index in [2.05, 4.69) is 15.6 Å². The Balaban J connectivity index is 2.14. The lowest BCUT2D eigenvalue weighted by atomic mass is 10.1. The fourth-order valence-corrected chi connectivity index (χ4v) is 2.57. The van der Waals surface area contributed by atoms with Crippen LogP contribution < -0.4 is 10.6 Å². The lowest BCUT2D eigenvalue weighted by Crippen LogP contribution is -2.33. The average molecular weight is 299 g/mol. The van der Waals surface area contributed by atoms with Gasteiger partial charge in [0.05, 0.1) is 12.1 Å². The molecule has 3 N–H and O–H groups in total. The minimum absolute atomic E-state index is 0.000882. The number of halogens is 2. The maximum Gasteiger partial charge on any atom is 0.168 e. The summed E-state index contributed by atoms with van der Waals surface area (Å²) in [6.45, 7) is 2.52. The summed E-state index contributed by atoms with van der Waals surface area (Å²) < 4.78 is 27.5. The van der Waals surface area contributed by atoms with Crippen LogP contribution in [-0.2, 0) is 0 Å². The van der Waals surface area contributed by atoms with Crippen molar-refractivity contribution in [3.63, 3.8) is 0 Å². The molecule has 1 saturated carbocycles. The second-order valence-corrected chi connectivity index (χ2v) is 5.53. The molecule has 2 unspecified atom stereocenters. The van der Waals surface area contributed by atoms with Gasteiger partial charge < -0.3 is 15.7 Å². The third-order valence-electron chi connectivity index (χ3n) is 3.77. The predicted octanol–water partition coefficient (Wildman–Crippen LogP) is 3.29. The second-order valence-electron chi connectivity index (χ2n) is 5.53. The summed E-state index contributed by atoms with van der Waals surface area (Å²) in [5.41, 5.74) is 0. The zero-order valence-corrected chi connectivity index (χ0v) is 12.3. The summed E-state index contributed by atoms with van der Waals surface area (Å²) >= 11 is 0. The SMILES string of the molecule is CCCNc1nc(NC2CCCCCC2O)c(F)cc1F. The molecule has 2 atom stereocenters. The maximum absolute atomic E-state index is 13.9. The van der Waals surface area contributed by atoms with Gasteiger partial charge >= 0.3 is 0 Å². The summed E-state index contributed by atoms with van der Waals surface area (Å²) in [6.07, 6.45) is 4.78. The van der Waals surface area contributed by atoms with Crippen LogP contribution in [0.5, 0.6) is 0 Å². The van der Waals surface area contributed by atoms with E-state index < -0.39 is 17.7 Å². The highest BCUT2D eigenvalue weighted by Crippen LogP contribution is 2.24. The van der Waals surface area contributed by atoms with Crippen molar-refractivity contribution in [2.75, 3.05) is 17.2 Å². The first-order valence-electron chi connectivity index (χ1n) is 7.66. The van der Waals surface area contributed by atoms with Gasteiger partial charge in [0.2, 0.25) is 0 Å². The van der Waals surface area contributed by atoms with Crippen molar-refractivity contribution in [2.24, 2.45) is 0 Å². The molecule has 0 saturated heterocycles. The Morgan fingerprint density at radius 3 is 2.67 bits per heavy atom. The van der Waals surface area contributed by atoms with Crippen molar-refractivity contribution in [3.8, 4) is 0 Å². The Labute approximate surface area is 124 Å². The van der Waals surface area contributed by atoms with Gasteiger partial charge in [-0.3, -0.25) is 0 Å². The molecule has 0 amide bonds. The second kappa shape index (κ2) is 7.54. The lowest BCUT2D eigenvalue weighted by Gasteiger charge is -2.23. The minimum atomic E-state index is -0.731. The molecule has 0 bridgehead atoms. The summed E-state index contributed by atoms with van der Waals surface area (Å²) in [5, 5.41) is 15.8. The molecule has 118 valence electrons. The van der Waals surface area contributed by atoms with Crippen molar-refractivity contribution >= 4 is 11.6 Å². The van der Waals surface area contributed by atoms with Crippen molar-refractivity contribution in [1.29, 1.82) is 0 Å². The Hall–Kier alpha value is -1.43. The molecule has 1 aromatic rings. The van der Waals surface area contributed by atoms with Crippen LogP contribution in [0.1, 0.15) is 45.4 Å². The Morgan fingerprint density at radius 1 is 1.19 bits per heavy atom. The fourth-order valence-electron chi connectivity index (χ4n) is 2.57. The number of anilines is 2. The zero-order valence-electron chi connectivity index (χ0n) is 12.3. The first-order valence-corrected chi connectivity index (χ1v) is 7.66. The number of pyridine rings is 1. The molecule has 1 aliphatic rings. The van der Waals surface area contributed by atoms with Gasteiger partial charge in [0.15, 0.2) is 23.3 Å². The Bertz CT molecular complexity index is 470. The smallest absolute Gasteiger partial charge is 0.168 e. The Kier molecular flexibility index (Phi) is 5.73. The van der Waals surface area contributed by atoms with E-state index in [0.29, 0.717) is 13.0 Å². The number of aliphatic hydroxyl groups is 1. The van der Waals surface area contributed by atoms with Gasteiger partial charge in [0, 0.05) is 12.6 Å². The molecular weight excluding hydrogens is 276 g/mol. The van der Waals surface area contributed by atoms with Crippen molar-refractivity contribution in [1.82, 2.24) is 4.98 Å². The van der Waals surface area contributed by atoms with E-state index in [9.17, 15) is 13.9 Å². The van der Waals surface area contributed by atoms with E-state index >= 15 is 0 Å². The van der Waals surface area contributed by atoms with Crippen molar-refractivity contribution in [2.45, 2.75) is 57.6 Å². The number of nitrogens with one attached hydrogen (secondary N) is 2. The van der Waals surface area contributed by atoms with Crippen LogP contribution in [0.25, 0.3) is 0 Å². The van der Waals surface area contributed by atoms with E-state index in [4.69, 9.17) is 0 Å². The monoisotopic (exact) mass is 299 g/mol. The number of nitrogens with zero attached hydrogens (tertiary/aromatic N) is 1. The normalized spacial score (nSPS) is 22.7. The topological polar surface area (TPSA) is 57.2 Å². The van der Waals surface area contributed by atoms with E-state index in [0.717, 1.165) is 38.2 Å². The van der Waals surface area contributed by atoms with Gasteiger partial charge in [-0.25, -0.2) is 13.8 Å². The van der Waals surface area contributed by atoms with Gasteiger partial charge in [-0.15, -0.1) is 0 Å². The zero-order chi connectivity index (χ0) is 15.2. The molecule has 21 heavy (non-hydrogen) atoms. The number of hydrogen-bond acceptors (Lipinski definition) is 4. The standard InChI is InChI=1S/C15H23F2N3O/c1-2-8-18-14-10(16)9-11(17)15(20-14)19-12-6-4-3-5-7-13(12)21/h9,12-13,21H,2-8H2,1H3,(H2,18,19,20). The van der Waals surface area contributed by atoms with E-state index in [-0.39, 0.29) is 17.7 Å². The molecule has 0 radical (unpaired) electrons. The quantitative estimate of drug-likeness (QED) is 0.730. The molecule has 4 nitrogen and oxygen atoms in total. The van der Waals surface area contributed by atoms with E-state index in [1.165, 1.54) is 0 Å². The summed E-state index contributed by atoms with van der Waals surface area (Å²) in [7, 11) is 0. The van der Waals surface area contributed by atoms with Gasteiger partial charge in [-0.2, -0.15) is 0 Å².